The number of rotatable bonds is 6. The second-order valence-electron chi connectivity index (χ2n) is 4.41. The van der Waals surface area contributed by atoms with E-state index < -0.39 is 18.2 Å². The van der Waals surface area contributed by atoms with Crippen LogP contribution in [0.2, 0.25) is 0 Å². The molecular weight excluding hydrogens is 272 g/mol. The summed E-state index contributed by atoms with van der Waals surface area (Å²) >= 11 is 0. The van der Waals surface area contributed by atoms with Gasteiger partial charge in [-0.2, -0.15) is 0 Å². The molecule has 5 nitrogen and oxygen atoms in total. The molecule has 2 N–H and O–H groups in total. The molecule has 0 spiro atoms. The van der Waals surface area contributed by atoms with Crippen molar-refractivity contribution in [3.8, 4) is 11.5 Å². The van der Waals surface area contributed by atoms with Gasteiger partial charge < -0.3 is 19.7 Å². The van der Waals surface area contributed by atoms with Crippen molar-refractivity contribution < 1.29 is 24.5 Å². The van der Waals surface area contributed by atoms with E-state index in [1.807, 2.05) is 0 Å². The first-order chi connectivity index (χ1) is 10.1. The maximum absolute atomic E-state index is 11.3. The molecule has 0 fully saturated rings. The number of carbonyl (C=O) groups is 1. The molecule has 2 atom stereocenters. The Labute approximate surface area is 122 Å². The topological polar surface area (TPSA) is 76.0 Å². The van der Waals surface area contributed by atoms with Crippen LogP contribution in [-0.4, -0.2) is 29.4 Å². The lowest BCUT2D eigenvalue weighted by molar-refractivity contribution is -0.150. The van der Waals surface area contributed by atoms with Crippen LogP contribution in [-0.2, 0) is 4.79 Å². The van der Waals surface area contributed by atoms with E-state index in [9.17, 15) is 15.0 Å². The number of hydrogen-bond donors (Lipinski definition) is 2. The molecule has 0 heterocycles. The van der Waals surface area contributed by atoms with Crippen LogP contribution in [0.5, 0.6) is 11.5 Å². The third-order valence-electron chi connectivity index (χ3n) is 2.99. The Morgan fingerprint density at radius 3 is 2.10 bits per heavy atom. The van der Waals surface area contributed by atoms with Crippen molar-refractivity contribution in [1.29, 1.82) is 0 Å². The minimum absolute atomic E-state index is 0.346. The van der Waals surface area contributed by atoms with Gasteiger partial charge in [-0.25, -0.2) is 4.79 Å². The first-order valence-corrected chi connectivity index (χ1v) is 6.38. The van der Waals surface area contributed by atoms with Crippen LogP contribution >= 0.6 is 0 Å². The highest BCUT2D eigenvalue weighted by molar-refractivity contribution is 5.74. The average Bonchev–Trinajstić information content (AvgIpc) is 2.53. The zero-order valence-corrected chi connectivity index (χ0v) is 11.5. The molecule has 2 rings (SSSR count). The van der Waals surface area contributed by atoms with Gasteiger partial charge in [-0.15, -0.1) is 0 Å². The molecule has 0 unspecified atom stereocenters. The molecule has 2 aromatic rings. The Balaban J connectivity index is 2.17. The van der Waals surface area contributed by atoms with Crippen LogP contribution in [0.1, 0.15) is 11.7 Å². The second kappa shape index (κ2) is 6.76. The third-order valence-corrected chi connectivity index (χ3v) is 2.99. The van der Waals surface area contributed by atoms with Gasteiger partial charge >= 0.3 is 5.97 Å². The van der Waals surface area contributed by atoms with Crippen LogP contribution in [0, 0.1) is 0 Å². The Morgan fingerprint density at radius 2 is 1.57 bits per heavy atom. The summed E-state index contributed by atoms with van der Waals surface area (Å²) in [6, 6.07) is 15.0. The van der Waals surface area contributed by atoms with Crippen LogP contribution < -0.4 is 9.47 Å². The molecule has 0 aromatic heterocycles. The number of carboxylic acid groups (broad SMARTS) is 1. The lowest BCUT2D eigenvalue weighted by Crippen LogP contribution is -2.33. The van der Waals surface area contributed by atoms with Crippen molar-refractivity contribution in [2.45, 2.75) is 12.2 Å². The van der Waals surface area contributed by atoms with E-state index in [0.717, 1.165) is 0 Å². The highest BCUT2D eigenvalue weighted by Gasteiger charge is 2.29. The van der Waals surface area contributed by atoms with Crippen molar-refractivity contribution >= 4 is 5.97 Å². The maximum Gasteiger partial charge on any atom is 0.348 e. The molecule has 110 valence electrons. The average molecular weight is 288 g/mol. The lowest BCUT2D eigenvalue weighted by Gasteiger charge is -2.21. The predicted molar refractivity (Wildman–Crippen MR) is 76.4 cm³/mol. The van der Waals surface area contributed by atoms with Gasteiger partial charge in [0.05, 0.1) is 7.11 Å². The number of ether oxygens (including phenoxy) is 2. The summed E-state index contributed by atoms with van der Waals surface area (Å²) in [4.78, 5) is 11.3. The van der Waals surface area contributed by atoms with Crippen LogP contribution in [0.15, 0.2) is 54.6 Å². The van der Waals surface area contributed by atoms with Crippen LogP contribution in [0.4, 0.5) is 0 Å². The molecule has 0 aliphatic rings. The number of hydrogen-bond acceptors (Lipinski definition) is 4. The van der Waals surface area contributed by atoms with Gasteiger partial charge in [0.2, 0.25) is 6.10 Å². The predicted octanol–water partition coefficient (Wildman–Crippen LogP) is 2.26. The Bertz CT molecular complexity index is 579. The van der Waals surface area contributed by atoms with Crippen LogP contribution in [0.3, 0.4) is 0 Å². The van der Waals surface area contributed by atoms with E-state index in [-0.39, 0.29) is 0 Å². The van der Waals surface area contributed by atoms with Gasteiger partial charge in [-0.05, 0) is 29.8 Å². The Hall–Kier alpha value is -2.53. The zero-order chi connectivity index (χ0) is 15.2. The number of aliphatic hydroxyl groups excluding tert-OH is 1. The normalized spacial score (nSPS) is 13.2. The van der Waals surface area contributed by atoms with E-state index >= 15 is 0 Å². The van der Waals surface area contributed by atoms with E-state index in [0.29, 0.717) is 17.1 Å². The van der Waals surface area contributed by atoms with Crippen LogP contribution in [0.25, 0.3) is 0 Å². The molecule has 0 aliphatic carbocycles. The summed E-state index contributed by atoms with van der Waals surface area (Å²) < 4.78 is 10.4. The highest BCUT2D eigenvalue weighted by atomic mass is 16.5. The largest absolute Gasteiger partial charge is 0.497 e. The molecule has 0 saturated heterocycles. The molecule has 2 aromatic carbocycles. The van der Waals surface area contributed by atoms with E-state index in [4.69, 9.17) is 9.47 Å². The van der Waals surface area contributed by atoms with Crippen molar-refractivity contribution in [2.24, 2.45) is 0 Å². The minimum Gasteiger partial charge on any atom is -0.497 e. The summed E-state index contributed by atoms with van der Waals surface area (Å²) in [5.41, 5.74) is 0.485. The highest BCUT2D eigenvalue weighted by Crippen LogP contribution is 2.24. The second-order valence-corrected chi connectivity index (χ2v) is 4.41. The van der Waals surface area contributed by atoms with Gasteiger partial charge in [-0.3, -0.25) is 0 Å². The number of carboxylic acids is 1. The number of benzene rings is 2. The fourth-order valence-electron chi connectivity index (χ4n) is 1.88. The molecule has 0 amide bonds. The van der Waals surface area contributed by atoms with Gasteiger partial charge in [0, 0.05) is 0 Å². The molecule has 21 heavy (non-hydrogen) atoms. The quantitative estimate of drug-likeness (QED) is 0.852. The molecule has 0 saturated carbocycles. The fourth-order valence-corrected chi connectivity index (χ4v) is 1.88. The maximum atomic E-state index is 11.3. The molecule has 0 bridgehead atoms. The van der Waals surface area contributed by atoms with Crippen molar-refractivity contribution in [1.82, 2.24) is 0 Å². The van der Waals surface area contributed by atoms with Crippen molar-refractivity contribution in [3.05, 3.63) is 60.2 Å². The number of aliphatic hydroxyl groups is 1. The summed E-state index contributed by atoms with van der Waals surface area (Å²) in [5.74, 6) is -0.252. The lowest BCUT2D eigenvalue weighted by atomic mass is 10.0. The Kier molecular flexibility index (Phi) is 4.79. The van der Waals surface area contributed by atoms with Gasteiger partial charge in [0.25, 0.3) is 0 Å². The van der Waals surface area contributed by atoms with Gasteiger partial charge in [0.15, 0.2) is 0 Å². The third kappa shape index (κ3) is 3.73. The summed E-state index contributed by atoms with van der Waals surface area (Å²) in [5, 5.41) is 19.4. The summed E-state index contributed by atoms with van der Waals surface area (Å²) in [6.45, 7) is 0. The molecule has 5 heteroatoms. The Morgan fingerprint density at radius 1 is 1.00 bits per heavy atom. The van der Waals surface area contributed by atoms with Gasteiger partial charge in [0.1, 0.15) is 17.6 Å². The standard InChI is InChI=1S/C16H16O5/c1-20-12-7-9-13(10-8-12)21-15(16(18)19)14(17)11-5-3-2-4-6-11/h2-10,14-15,17H,1H3,(H,18,19)/t14-,15+/m1/s1. The minimum atomic E-state index is -1.39. The first kappa shape index (κ1) is 14.9. The monoisotopic (exact) mass is 288 g/mol. The smallest absolute Gasteiger partial charge is 0.348 e. The van der Waals surface area contributed by atoms with E-state index in [2.05, 4.69) is 0 Å². The van der Waals surface area contributed by atoms with Crippen molar-refractivity contribution in [3.63, 3.8) is 0 Å². The zero-order valence-electron chi connectivity index (χ0n) is 11.5. The molecule has 0 radical (unpaired) electrons. The summed E-state index contributed by atoms with van der Waals surface area (Å²) in [6.07, 6.45) is -2.65. The van der Waals surface area contributed by atoms with E-state index in [1.54, 1.807) is 54.6 Å². The SMILES string of the molecule is COc1ccc(O[C@H](C(=O)O)[C@H](O)c2ccccc2)cc1. The number of methoxy groups -OCH3 is 1. The van der Waals surface area contributed by atoms with E-state index in [1.165, 1.54) is 7.11 Å². The van der Waals surface area contributed by atoms with Gasteiger partial charge in [-0.1, -0.05) is 30.3 Å². The number of aliphatic carboxylic acids is 1. The molecular formula is C16H16O5. The fraction of sp³-hybridized carbons (Fsp3) is 0.188. The summed E-state index contributed by atoms with van der Waals surface area (Å²) in [7, 11) is 1.54. The molecule has 0 aliphatic heterocycles. The first-order valence-electron chi connectivity index (χ1n) is 6.38. The van der Waals surface area contributed by atoms with Crippen molar-refractivity contribution in [2.75, 3.05) is 7.11 Å².